The minimum Gasteiger partial charge on any atom is -0.373 e. The zero-order valence-electron chi connectivity index (χ0n) is 18.2. The summed E-state index contributed by atoms with van der Waals surface area (Å²) in [5.41, 5.74) is 2.93. The van der Waals surface area contributed by atoms with Gasteiger partial charge in [0.05, 0.1) is 29.8 Å². The van der Waals surface area contributed by atoms with E-state index in [0.29, 0.717) is 22.8 Å². The van der Waals surface area contributed by atoms with Gasteiger partial charge in [-0.1, -0.05) is 0 Å². The third-order valence-corrected chi connectivity index (χ3v) is 7.58. The number of amides is 1. The lowest BCUT2D eigenvalue weighted by atomic mass is 10.1. The van der Waals surface area contributed by atoms with Gasteiger partial charge < -0.3 is 4.74 Å². The average Bonchev–Trinajstić information content (AvgIpc) is 3.22. The standard InChI is InChI=1S/C21H28N4O4S2/c1-13-7-17-8-16(5-6-19(17)25(13)31(4,27)28)20(26)23-21-22-18(12-30-21)11-24-9-14(2)29-15(3)10-24/h5-6,8,12-15H,7,9-11H2,1-4H3,(H,22,23,26)/t13-,14+,15+/m0/s1. The van der Waals surface area contributed by atoms with Crippen LogP contribution in [0.4, 0.5) is 10.8 Å². The Balaban J connectivity index is 1.42. The Morgan fingerprint density at radius 1 is 1.26 bits per heavy atom. The van der Waals surface area contributed by atoms with Crippen LogP contribution in [0.2, 0.25) is 0 Å². The fourth-order valence-corrected chi connectivity index (χ4v) is 6.46. The number of carbonyl (C=O) groups excluding carboxylic acids is 1. The molecule has 1 amide bonds. The number of aromatic nitrogens is 1. The molecule has 1 fully saturated rings. The number of rotatable bonds is 5. The molecular weight excluding hydrogens is 436 g/mol. The molecule has 10 heteroatoms. The van der Waals surface area contributed by atoms with Gasteiger partial charge >= 0.3 is 0 Å². The van der Waals surface area contributed by atoms with Gasteiger partial charge in [0, 0.05) is 36.6 Å². The third-order valence-electron chi connectivity index (χ3n) is 5.51. The Kier molecular flexibility index (Phi) is 6.08. The fraction of sp³-hybridized carbons (Fsp3) is 0.524. The van der Waals surface area contributed by atoms with Crippen molar-refractivity contribution in [3.63, 3.8) is 0 Å². The normalized spacial score (nSPS) is 24.3. The molecule has 1 aromatic heterocycles. The number of sulfonamides is 1. The molecule has 2 aliphatic rings. The zero-order valence-corrected chi connectivity index (χ0v) is 19.8. The van der Waals surface area contributed by atoms with Crippen LogP contribution in [0.5, 0.6) is 0 Å². The molecule has 4 rings (SSSR count). The first-order valence-electron chi connectivity index (χ1n) is 10.4. The van der Waals surface area contributed by atoms with Crippen LogP contribution in [0.3, 0.4) is 0 Å². The van der Waals surface area contributed by atoms with E-state index in [1.54, 1.807) is 18.2 Å². The van der Waals surface area contributed by atoms with Gasteiger partial charge in [-0.2, -0.15) is 0 Å². The summed E-state index contributed by atoms with van der Waals surface area (Å²) in [4.78, 5) is 19.6. The number of anilines is 2. The first-order valence-corrected chi connectivity index (χ1v) is 13.1. The molecule has 8 nitrogen and oxygen atoms in total. The molecule has 2 aliphatic heterocycles. The molecule has 0 aliphatic carbocycles. The smallest absolute Gasteiger partial charge is 0.257 e. The first kappa shape index (κ1) is 22.2. The highest BCUT2D eigenvalue weighted by atomic mass is 32.2. The number of morpholine rings is 1. The van der Waals surface area contributed by atoms with Crippen LogP contribution in [-0.2, 0) is 27.7 Å². The fourth-order valence-electron chi connectivity index (χ4n) is 4.50. The number of benzene rings is 1. The summed E-state index contributed by atoms with van der Waals surface area (Å²) in [7, 11) is -3.35. The molecule has 1 N–H and O–H groups in total. The van der Waals surface area contributed by atoms with E-state index in [2.05, 4.69) is 29.0 Å². The van der Waals surface area contributed by atoms with Crippen molar-refractivity contribution in [3.05, 3.63) is 40.4 Å². The number of thiazole rings is 1. The van der Waals surface area contributed by atoms with Gasteiger partial charge in [0.2, 0.25) is 10.0 Å². The summed E-state index contributed by atoms with van der Waals surface area (Å²) in [6.07, 6.45) is 2.18. The monoisotopic (exact) mass is 464 g/mol. The van der Waals surface area contributed by atoms with Crippen LogP contribution >= 0.6 is 11.3 Å². The molecule has 0 bridgehead atoms. The minimum absolute atomic E-state index is 0.157. The predicted molar refractivity (Wildman–Crippen MR) is 122 cm³/mol. The molecular formula is C21H28N4O4S2. The second-order valence-electron chi connectivity index (χ2n) is 8.50. The topological polar surface area (TPSA) is 91.8 Å². The van der Waals surface area contributed by atoms with Crippen molar-refractivity contribution in [3.8, 4) is 0 Å². The highest BCUT2D eigenvalue weighted by molar-refractivity contribution is 7.92. The lowest BCUT2D eigenvalue weighted by molar-refractivity contribution is -0.0707. The lowest BCUT2D eigenvalue weighted by Gasteiger charge is -2.34. The average molecular weight is 465 g/mol. The summed E-state index contributed by atoms with van der Waals surface area (Å²) in [6.45, 7) is 8.46. The van der Waals surface area contributed by atoms with Crippen LogP contribution in [0.1, 0.15) is 42.4 Å². The van der Waals surface area contributed by atoms with Gasteiger partial charge in [0.1, 0.15) is 0 Å². The Morgan fingerprint density at radius 3 is 2.65 bits per heavy atom. The number of ether oxygens (including phenoxy) is 1. The molecule has 2 aromatic rings. The maximum absolute atomic E-state index is 12.8. The predicted octanol–water partition coefficient (Wildman–Crippen LogP) is 2.72. The van der Waals surface area contributed by atoms with Crippen molar-refractivity contribution in [1.82, 2.24) is 9.88 Å². The number of hydrogen-bond acceptors (Lipinski definition) is 7. The molecule has 1 aromatic carbocycles. The van der Waals surface area contributed by atoms with Gasteiger partial charge in [0.25, 0.3) is 5.91 Å². The number of carbonyl (C=O) groups is 1. The Bertz CT molecular complexity index is 1070. The van der Waals surface area contributed by atoms with Gasteiger partial charge in [-0.3, -0.25) is 19.3 Å². The van der Waals surface area contributed by atoms with E-state index in [1.807, 2.05) is 12.3 Å². The van der Waals surface area contributed by atoms with E-state index in [4.69, 9.17) is 4.74 Å². The summed E-state index contributed by atoms with van der Waals surface area (Å²) in [5.74, 6) is -0.247. The van der Waals surface area contributed by atoms with Gasteiger partial charge in [-0.25, -0.2) is 13.4 Å². The van der Waals surface area contributed by atoms with E-state index < -0.39 is 10.0 Å². The SMILES string of the molecule is C[C@@H]1CN(Cc2csc(NC(=O)c3ccc4c(c3)C[C@H](C)N4S(C)(=O)=O)n2)C[C@@H](C)O1. The highest BCUT2D eigenvalue weighted by Crippen LogP contribution is 2.35. The second kappa shape index (κ2) is 8.50. The number of nitrogens with one attached hydrogen (secondary N) is 1. The van der Waals surface area contributed by atoms with Crippen LogP contribution in [-0.4, -0.2) is 61.8 Å². The molecule has 0 radical (unpaired) electrons. The number of fused-ring (bicyclic) bond motifs is 1. The van der Waals surface area contributed by atoms with E-state index >= 15 is 0 Å². The van der Waals surface area contributed by atoms with Gasteiger partial charge in [0.15, 0.2) is 5.13 Å². The maximum Gasteiger partial charge on any atom is 0.257 e. The molecule has 3 heterocycles. The van der Waals surface area contributed by atoms with Crippen molar-refractivity contribution in [1.29, 1.82) is 0 Å². The first-order chi connectivity index (χ1) is 14.6. The Hall–Kier alpha value is -2.01. The van der Waals surface area contributed by atoms with Crippen molar-refractivity contribution in [2.75, 3.05) is 29.0 Å². The summed E-state index contributed by atoms with van der Waals surface area (Å²) in [5, 5.41) is 5.39. The van der Waals surface area contributed by atoms with Gasteiger partial charge in [-0.05, 0) is 51.0 Å². The van der Waals surface area contributed by atoms with Crippen molar-refractivity contribution < 1.29 is 17.9 Å². The maximum atomic E-state index is 12.8. The number of hydrogen-bond donors (Lipinski definition) is 1. The van der Waals surface area contributed by atoms with Gasteiger partial charge in [-0.15, -0.1) is 11.3 Å². The zero-order chi connectivity index (χ0) is 22.3. The number of nitrogens with zero attached hydrogens (tertiary/aromatic N) is 3. The second-order valence-corrected chi connectivity index (χ2v) is 11.2. The summed E-state index contributed by atoms with van der Waals surface area (Å²) >= 11 is 1.40. The summed E-state index contributed by atoms with van der Waals surface area (Å²) in [6, 6.07) is 4.99. The molecule has 1 saturated heterocycles. The largest absolute Gasteiger partial charge is 0.373 e. The van der Waals surface area contributed by atoms with Crippen LogP contribution < -0.4 is 9.62 Å². The van der Waals surface area contributed by atoms with Crippen LogP contribution in [0.25, 0.3) is 0 Å². The van der Waals surface area contributed by atoms with Crippen molar-refractivity contribution in [2.24, 2.45) is 0 Å². The van der Waals surface area contributed by atoms with Crippen molar-refractivity contribution in [2.45, 2.75) is 52.0 Å². The quantitative estimate of drug-likeness (QED) is 0.732. The molecule has 0 unspecified atom stereocenters. The molecule has 0 saturated carbocycles. The van der Waals surface area contributed by atoms with Crippen LogP contribution in [0, 0.1) is 0 Å². The molecule has 3 atom stereocenters. The van der Waals surface area contributed by atoms with E-state index in [1.165, 1.54) is 21.9 Å². The van der Waals surface area contributed by atoms with Crippen LogP contribution in [0.15, 0.2) is 23.6 Å². The highest BCUT2D eigenvalue weighted by Gasteiger charge is 2.33. The Morgan fingerprint density at radius 2 is 1.97 bits per heavy atom. The summed E-state index contributed by atoms with van der Waals surface area (Å²) < 4.78 is 31.3. The van der Waals surface area contributed by atoms with E-state index in [9.17, 15) is 13.2 Å². The Labute approximate surface area is 187 Å². The van der Waals surface area contributed by atoms with E-state index in [0.717, 1.165) is 30.9 Å². The molecule has 31 heavy (non-hydrogen) atoms. The third kappa shape index (κ3) is 4.92. The van der Waals surface area contributed by atoms with Crippen molar-refractivity contribution >= 4 is 38.1 Å². The lowest BCUT2D eigenvalue weighted by Crippen LogP contribution is -2.44. The molecule has 0 spiro atoms. The van der Waals surface area contributed by atoms with E-state index in [-0.39, 0.29) is 24.2 Å². The molecule has 168 valence electrons. The minimum atomic E-state index is -3.35.